The number of carbonyl (C=O) groups excluding carboxylic acids is 2. The SMILES string of the molecule is C[C@H](CNC(=O)C1=NN(C)C(=O)CC1)N1CCc2ccccc2C1. The molecule has 2 aliphatic rings. The zero-order valence-electron chi connectivity index (χ0n) is 14.3. The Morgan fingerprint density at radius 3 is 2.75 bits per heavy atom. The van der Waals surface area contributed by atoms with Gasteiger partial charge in [0.2, 0.25) is 5.91 Å². The number of nitrogens with one attached hydrogen (secondary N) is 1. The lowest BCUT2D eigenvalue weighted by atomic mass is 9.99. The number of hydrogen-bond donors (Lipinski definition) is 1. The second kappa shape index (κ2) is 7.13. The average molecular weight is 328 g/mol. The van der Waals surface area contributed by atoms with Gasteiger partial charge in [-0.25, -0.2) is 5.01 Å². The fourth-order valence-electron chi connectivity index (χ4n) is 3.20. The molecule has 1 aromatic rings. The maximum atomic E-state index is 12.2. The van der Waals surface area contributed by atoms with Gasteiger partial charge in [0.25, 0.3) is 5.91 Å². The van der Waals surface area contributed by atoms with Crippen molar-refractivity contribution in [2.45, 2.75) is 38.8 Å². The van der Waals surface area contributed by atoms with Crippen LogP contribution in [0.15, 0.2) is 29.4 Å². The summed E-state index contributed by atoms with van der Waals surface area (Å²) < 4.78 is 0. The molecule has 0 spiro atoms. The average Bonchev–Trinajstić information content (AvgIpc) is 2.61. The van der Waals surface area contributed by atoms with Gasteiger partial charge in [-0.3, -0.25) is 14.5 Å². The number of rotatable bonds is 4. The lowest BCUT2D eigenvalue weighted by Gasteiger charge is -2.33. The highest BCUT2D eigenvalue weighted by Gasteiger charge is 2.24. The molecule has 0 saturated carbocycles. The molecular formula is C18H24N4O2. The van der Waals surface area contributed by atoms with E-state index in [1.165, 1.54) is 16.1 Å². The minimum absolute atomic E-state index is 0.0492. The van der Waals surface area contributed by atoms with Gasteiger partial charge in [-0.15, -0.1) is 0 Å². The monoisotopic (exact) mass is 328 g/mol. The molecule has 0 radical (unpaired) electrons. The van der Waals surface area contributed by atoms with E-state index in [1.807, 2.05) is 0 Å². The number of fused-ring (bicyclic) bond motifs is 1. The van der Waals surface area contributed by atoms with Crippen molar-refractivity contribution in [1.29, 1.82) is 0 Å². The lowest BCUT2D eigenvalue weighted by Crippen LogP contribution is -2.46. The molecule has 0 aromatic heterocycles. The summed E-state index contributed by atoms with van der Waals surface area (Å²) in [6.45, 7) is 4.64. The molecule has 6 heteroatoms. The van der Waals surface area contributed by atoms with Gasteiger partial charge < -0.3 is 5.32 Å². The summed E-state index contributed by atoms with van der Waals surface area (Å²) >= 11 is 0. The maximum Gasteiger partial charge on any atom is 0.267 e. The third kappa shape index (κ3) is 3.64. The van der Waals surface area contributed by atoms with Crippen molar-refractivity contribution in [3.05, 3.63) is 35.4 Å². The molecular weight excluding hydrogens is 304 g/mol. The predicted octanol–water partition coefficient (Wildman–Crippen LogP) is 1.16. The summed E-state index contributed by atoms with van der Waals surface area (Å²) in [5.74, 6) is -0.217. The van der Waals surface area contributed by atoms with Crippen LogP contribution >= 0.6 is 0 Å². The molecule has 0 bridgehead atoms. The van der Waals surface area contributed by atoms with Gasteiger partial charge in [0.15, 0.2) is 0 Å². The zero-order chi connectivity index (χ0) is 17.1. The van der Waals surface area contributed by atoms with Gasteiger partial charge in [-0.05, 0) is 24.5 Å². The van der Waals surface area contributed by atoms with E-state index in [4.69, 9.17) is 0 Å². The summed E-state index contributed by atoms with van der Waals surface area (Å²) in [5, 5.41) is 8.27. The van der Waals surface area contributed by atoms with Crippen molar-refractivity contribution in [2.75, 3.05) is 20.1 Å². The Balaban J connectivity index is 1.53. The van der Waals surface area contributed by atoms with Gasteiger partial charge in [-0.1, -0.05) is 24.3 Å². The van der Waals surface area contributed by atoms with E-state index in [0.717, 1.165) is 19.5 Å². The summed E-state index contributed by atoms with van der Waals surface area (Å²) in [6, 6.07) is 8.79. The standard InChI is InChI=1S/C18H24N4O2/c1-13(22-10-9-14-5-3-4-6-15(14)12-22)11-19-18(24)16-7-8-17(23)21(2)20-16/h3-6,13H,7-12H2,1-2H3,(H,19,24)/t13-/m1/s1. The minimum atomic E-state index is -0.168. The summed E-state index contributed by atoms with van der Waals surface area (Å²) in [5.41, 5.74) is 3.24. The van der Waals surface area contributed by atoms with Gasteiger partial charge in [0, 0.05) is 45.6 Å². The second-order valence-electron chi connectivity index (χ2n) is 6.51. The van der Waals surface area contributed by atoms with E-state index in [1.54, 1.807) is 7.05 Å². The Hall–Kier alpha value is -2.21. The molecule has 2 aliphatic heterocycles. The maximum absolute atomic E-state index is 12.2. The normalized spacial score (nSPS) is 19.5. The van der Waals surface area contributed by atoms with Crippen LogP contribution in [0.2, 0.25) is 0 Å². The second-order valence-corrected chi connectivity index (χ2v) is 6.51. The number of hydrazone groups is 1. The molecule has 24 heavy (non-hydrogen) atoms. The third-order valence-electron chi connectivity index (χ3n) is 4.81. The van der Waals surface area contributed by atoms with Crippen LogP contribution < -0.4 is 5.32 Å². The highest BCUT2D eigenvalue weighted by atomic mass is 16.2. The Morgan fingerprint density at radius 2 is 2.00 bits per heavy atom. The first kappa shape index (κ1) is 16.6. The number of nitrogens with zero attached hydrogens (tertiary/aromatic N) is 3. The van der Waals surface area contributed by atoms with E-state index < -0.39 is 0 Å². The van der Waals surface area contributed by atoms with Crippen molar-refractivity contribution in [2.24, 2.45) is 5.10 Å². The van der Waals surface area contributed by atoms with E-state index >= 15 is 0 Å². The van der Waals surface area contributed by atoms with Crippen molar-refractivity contribution in [1.82, 2.24) is 15.2 Å². The van der Waals surface area contributed by atoms with Gasteiger partial charge >= 0.3 is 0 Å². The first-order valence-corrected chi connectivity index (χ1v) is 8.47. The van der Waals surface area contributed by atoms with Gasteiger partial charge in [-0.2, -0.15) is 5.10 Å². The molecule has 1 N–H and O–H groups in total. The molecule has 2 heterocycles. The summed E-state index contributed by atoms with van der Waals surface area (Å²) in [4.78, 5) is 26.0. The summed E-state index contributed by atoms with van der Waals surface area (Å²) in [6.07, 6.45) is 1.82. The molecule has 3 rings (SSSR count). The molecule has 0 aliphatic carbocycles. The Bertz CT molecular complexity index is 671. The topological polar surface area (TPSA) is 65.0 Å². The number of hydrogen-bond acceptors (Lipinski definition) is 4. The van der Waals surface area contributed by atoms with Crippen molar-refractivity contribution in [3.8, 4) is 0 Å². The Kier molecular flexibility index (Phi) is 4.94. The van der Waals surface area contributed by atoms with Crippen LogP contribution in [-0.2, 0) is 22.6 Å². The fraction of sp³-hybridized carbons (Fsp3) is 0.500. The Morgan fingerprint density at radius 1 is 1.25 bits per heavy atom. The predicted molar refractivity (Wildman–Crippen MR) is 92.5 cm³/mol. The minimum Gasteiger partial charge on any atom is -0.349 e. The number of benzene rings is 1. The van der Waals surface area contributed by atoms with E-state index in [2.05, 4.69) is 46.5 Å². The summed E-state index contributed by atoms with van der Waals surface area (Å²) in [7, 11) is 1.59. The van der Waals surface area contributed by atoms with E-state index in [0.29, 0.717) is 25.1 Å². The number of carbonyl (C=O) groups is 2. The molecule has 1 aromatic carbocycles. The van der Waals surface area contributed by atoms with Crippen molar-refractivity contribution >= 4 is 17.5 Å². The van der Waals surface area contributed by atoms with Crippen LogP contribution in [-0.4, -0.2) is 53.6 Å². The van der Waals surface area contributed by atoms with Gasteiger partial charge in [0.1, 0.15) is 5.71 Å². The first-order chi connectivity index (χ1) is 11.5. The molecule has 0 unspecified atom stereocenters. The smallest absolute Gasteiger partial charge is 0.267 e. The number of amides is 2. The van der Waals surface area contributed by atoms with Crippen LogP contribution in [0.25, 0.3) is 0 Å². The first-order valence-electron chi connectivity index (χ1n) is 8.47. The highest BCUT2D eigenvalue weighted by molar-refractivity contribution is 6.39. The molecule has 0 saturated heterocycles. The largest absolute Gasteiger partial charge is 0.349 e. The van der Waals surface area contributed by atoms with Crippen LogP contribution in [0, 0.1) is 0 Å². The van der Waals surface area contributed by atoms with Crippen LogP contribution in [0.4, 0.5) is 0 Å². The molecule has 1 atom stereocenters. The highest BCUT2D eigenvalue weighted by Crippen LogP contribution is 2.20. The van der Waals surface area contributed by atoms with Crippen LogP contribution in [0.1, 0.15) is 30.9 Å². The molecule has 6 nitrogen and oxygen atoms in total. The molecule has 0 fully saturated rings. The van der Waals surface area contributed by atoms with Gasteiger partial charge in [0.05, 0.1) is 0 Å². The Labute approximate surface area is 142 Å². The van der Waals surface area contributed by atoms with Crippen LogP contribution in [0.3, 0.4) is 0 Å². The zero-order valence-corrected chi connectivity index (χ0v) is 14.3. The van der Waals surface area contributed by atoms with Crippen LogP contribution in [0.5, 0.6) is 0 Å². The van der Waals surface area contributed by atoms with E-state index in [-0.39, 0.29) is 17.9 Å². The van der Waals surface area contributed by atoms with Crippen molar-refractivity contribution < 1.29 is 9.59 Å². The third-order valence-corrected chi connectivity index (χ3v) is 4.81. The quantitative estimate of drug-likeness (QED) is 0.902. The molecule has 128 valence electrons. The molecule has 2 amide bonds. The fourth-order valence-corrected chi connectivity index (χ4v) is 3.20. The van der Waals surface area contributed by atoms with Crippen molar-refractivity contribution in [3.63, 3.8) is 0 Å². The van der Waals surface area contributed by atoms with E-state index in [9.17, 15) is 9.59 Å². The lowest BCUT2D eigenvalue weighted by molar-refractivity contribution is -0.130.